The average Bonchev–Trinajstić information content (AvgIpc) is 3.21. The molecule has 0 saturated carbocycles. The van der Waals surface area contributed by atoms with Crippen molar-refractivity contribution in [2.24, 2.45) is 0 Å². The maximum Gasteiger partial charge on any atom is 0.222 e. The molecule has 0 spiro atoms. The van der Waals surface area contributed by atoms with Crippen molar-refractivity contribution in [3.05, 3.63) is 35.9 Å². The highest BCUT2D eigenvalue weighted by Crippen LogP contribution is 2.18. The zero-order chi connectivity index (χ0) is 15.2. The van der Waals surface area contributed by atoms with Gasteiger partial charge in [-0.2, -0.15) is 0 Å². The highest BCUT2D eigenvalue weighted by atomic mass is 16.1. The van der Waals surface area contributed by atoms with Crippen LogP contribution in [0.3, 0.4) is 0 Å². The van der Waals surface area contributed by atoms with Gasteiger partial charge >= 0.3 is 0 Å². The zero-order valence-corrected chi connectivity index (χ0v) is 13.3. The summed E-state index contributed by atoms with van der Waals surface area (Å²) in [6.07, 6.45) is 5.47. The third kappa shape index (κ3) is 4.31. The van der Waals surface area contributed by atoms with E-state index in [-0.39, 0.29) is 11.9 Å². The van der Waals surface area contributed by atoms with E-state index < -0.39 is 0 Å². The van der Waals surface area contributed by atoms with Crippen LogP contribution in [0.15, 0.2) is 30.3 Å². The Morgan fingerprint density at radius 3 is 2.68 bits per heavy atom. The van der Waals surface area contributed by atoms with Crippen LogP contribution in [-0.4, -0.2) is 43.0 Å². The molecule has 1 aromatic rings. The summed E-state index contributed by atoms with van der Waals surface area (Å²) in [6.45, 7) is 4.29. The number of rotatable bonds is 6. The van der Waals surface area contributed by atoms with E-state index in [0.29, 0.717) is 12.5 Å². The van der Waals surface area contributed by atoms with Crippen LogP contribution in [-0.2, 0) is 4.79 Å². The van der Waals surface area contributed by atoms with Crippen molar-refractivity contribution in [1.29, 1.82) is 0 Å². The fourth-order valence-corrected chi connectivity index (χ4v) is 3.55. The summed E-state index contributed by atoms with van der Waals surface area (Å²) in [4.78, 5) is 14.9. The molecular formula is C18H27N3O. The van der Waals surface area contributed by atoms with Gasteiger partial charge in [-0.15, -0.1) is 0 Å². The Morgan fingerprint density at radius 1 is 1.23 bits per heavy atom. The summed E-state index contributed by atoms with van der Waals surface area (Å²) in [7, 11) is 0. The monoisotopic (exact) mass is 301 g/mol. The van der Waals surface area contributed by atoms with Crippen LogP contribution in [0.5, 0.6) is 0 Å². The maximum atomic E-state index is 12.4. The second kappa shape index (κ2) is 7.75. The molecule has 0 radical (unpaired) electrons. The van der Waals surface area contributed by atoms with Gasteiger partial charge in [0.25, 0.3) is 0 Å². The fraction of sp³-hybridized carbons (Fsp3) is 0.611. The van der Waals surface area contributed by atoms with E-state index in [1.165, 1.54) is 24.8 Å². The van der Waals surface area contributed by atoms with E-state index in [1.807, 2.05) is 6.07 Å². The van der Waals surface area contributed by atoms with E-state index in [9.17, 15) is 4.79 Å². The minimum Gasteiger partial charge on any atom is -0.348 e. The Balaban J connectivity index is 1.60. The first-order valence-corrected chi connectivity index (χ1v) is 8.61. The van der Waals surface area contributed by atoms with E-state index in [0.717, 1.165) is 32.6 Å². The lowest BCUT2D eigenvalue weighted by molar-refractivity contribution is -0.122. The van der Waals surface area contributed by atoms with Gasteiger partial charge in [0.05, 0.1) is 6.04 Å². The van der Waals surface area contributed by atoms with Crippen molar-refractivity contribution < 1.29 is 4.79 Å². The lowest BCUT2D eigenvalue weighted by atomic mass is 10.1. The normalized spacial score (nSPS) is 23.5. The second-order valence-corrected chi connectivity index (χ2v) is 6.54. The van der Waals surface area contributed by atoms with Crippen molar-refractivity contribution in [3.63, 3.8) is 0 Å². The molecule has 2 fully saturated rings. The quantitative estimate of drug-likeness (QED) is 0.845. The third-order valence-corrected chi connectivity index (χ3v) is 4.77. The number of hydrogen-bond donors (Lipinski definition) is 2. The van der Waals surface area contributed by atoms with Crippen molar-refractivity contribution in [2.45, 2.75) is 44.2 Å². The predicted octanol–water partition coefficient (Wildman–Crippen LogP) is 2.08. The van der Waals surface area contributed by atoms with Crippen LogP contribution in [0.25, 0.3) is 0 Å². The molecule has 1 amide bonds. The molecule has 2 N–H and O–H groups in total. The molecule has 22 heavy (non-hydrogen) atoms. The Hall–Kier alpha value is -1.39. The Bertz CT molecular complexity index is 464. The van der Waals surface area contributed by atoms with E-state index >= 15 is 0 Å². The first-order chi connectivity index (χ1) is 10.8. The Kier molecular flexibility index (Phi) is 5.46. The van der Waals surface area contributed by atoms with Gasteiger partial charge in [-0.3, -0.25) is 4.79 Å². The minimum atomic E-state index is 0.105. The molecule has 2 unspecified atom stereocenters. The number of likely N-dealkylation sites (tertiary alicyclic amines) is 1. The maximum absolute atomic E-state index is 12.4. The summed E-state index contributed by atoms with van der Waals surface area (Å²) in [5.41, 5.74) is 1.21. The molecule has 2 saturated heterocycles. The number of hydrogen-bond acceptors (Lipinski definition) is 3. The first kappa shape index (κ1) is 15.5. The van der Waals surface area contributed by atoms with Crippen molar-refractivity contribution in [3.8, 4) is 0 Å². The fourth-order valence-electron chi connectivity index (χ4n) is 3.55. The molecule has 0 aliphatic carbocycles. The summed E-state index contributed by atoms with van der Waals surface area (Å²) in [5, 5.41) is 6.67. The minimum absolute atomic E-state index is 0.105. The second-order valence-electron chi connectivity index (χ2n) is 6.54. The van der Waals surface area contributed by atoms with Gasteiger partial charge in [-0.25, -0.2) is 0 Å². The molecule has 2 aliphatic rings. The number of carbonyl (C=O) groups is 1. The molecule has 0 bridgehead atoms. The van der Waals surface area contributed by atoms with E-state index in [2.05, 4.69) is 39.8 Å². The molecule has 120 valence electrons. The van der Waals surface area contributed by atoms with Gasteiger partial charge in [-0.1, -0.05) is 30.3 Å². The third-order valence-electron chi connectivity index (χ3n) is 4.77. The van der Waals surface area contributed by atoms with Crippen LogP contribution in [0, 0.1) is 0 Å². The zero-order valence-electron chi connectivity index (χ0n) is 13.3. The topological polar surface area (TPSA) is 44.4 Å². The van der Waals surface area contributed by atoms with Crippen LogP contribution < -0.4 is 10.6 Å². The summed E-state index contributed by atoms with van der Waals surface area (Å²) in [6, 6.07) is 10.8. The molecule has 4 nitrogen and oxygen atoms in total. The molecule has 3 rings (SSSR count). The Labute approximate surface area is 133 Å². The summed E-state index contributed by atoms with van der Waals surface area (Å²) >= 11 is 0. The van der Waals surface area contributed by atoms with Crippen molar-refractivity contribution in [2.75, 3.05) is 26.2 Å². The highest BCUT2D eigenvalue weighted by Gasteiger charge is 2.23. The summed E-state index contributed by atoms with van der Waals surface area (Å²) in [5.74, 6) is 0.174. The van der Waals surface area contributed by atoms with Gasteiger partial charge in [0.1, 0.15) is 0 Å². The standard InChI is InChI=1S/C18H27N3O/c22-18(13-16-9-6-10-19-16)20-17(14-21-11-4-5-12-21)15-7-2-1-3-8-15/h1-3,7-8,16-17,19H,4-6,9-14H2,(H,20,22). The number of nitrogens with zero attached hydrogens (tertiary/aromatic N) is 1. The molecule has 2 atom stereocenters. The van der Waals surface area contributed by atoms with Crippen LogP contribution >= 0.6 is 0 Å². The van der Waals surface area contributed by atoms with Gasteiger partial charge in [-0.05, 0) is 50.9 Å². The van der Waals surface area contributed by atoms with Crippen molar-refractivity contribution >= 4 is 5.91 Å². The van der Waals surface area contributed by atoms with Crippen LogP contribution in [0.4, 0.5) is 0 Å². The molecule has 1 aromatic carbocycles. The predicted molar refractivity (Wildman–Crippen MR) is 88.6 cm³/mol. The van der Waals surface area contributed by atoms with Crippen LogP contribution in [0.2, 0.25) is 0 Å². The van der Waals surface area contributed by atoms with E-state index in [1.54, 1.807) is 0 Å². The molecule has 0 aromatic heterocycles. The average molecular weight is 301 g/mol. The number of amides is 1. The number of carbonyl (C=O) groups excluding carboxylic acids is 1. The first-order valence-electron chi connectivity index (χ1n) is 8.61. The van der Waals surface area contributed by atoms with E-state index in [4.69, 9.17) is 0 Å². The number of benzene rings is 1. The molecular weight excluding hydrogens is 274 g/mol. The summed E-state index contributed by atoms with van der Waals surface area (Å²) < 4.78 is 0. The SMILES string of the molecule is O=C(CC1CCCN1)NC(CN1CCCC1)c1ccccc1. The highest BCUT2D eigenvalue weighted by molar-refractivity contribution is 5.77. The van der Waals surface area contributed by atoms with Gasteiger partial charge in [0.2, 0.25) is 5.91 Å². The van der Waals surface area contributed by atoms with Gasteiger partial charge < -0.3 is 15.5 Å². The smallest absolute Gasteiger partial charge is 0.222 e. The Morgan fingerprint density at radius 2 is 2.00 bits per heavy atom. The van der Waals surface area contributed by atoms with Gasteiger partial charge in [0.15, 0.2) is 0 Å². The van der Waals surface area contributed by atoms with Crippen molar-refractivity contribution in [1.82, 2.24) is 15.5 Å². The number of nitrogens with one attached hydrogen (secondary N) is 2. The van der Waals surface area contributed by atoms with Gasteiger partial charge in [0, 0.05) is 19.0 Å². The van der Waals surface area contributed by atoms with Crippen LogP contribution in [0.1, 0.15) is 43.7 Å². The lowest BCUT2D eigenvalue weighted by Crippen LogP contribution is -2.39. The molecule has 2 heterocycles. The largest absolute Gasteiger partial charge is 0.348 e. The molecule has 4 heteroatoms. The lowest BCUT2D eigenvalue weighted by Gasteiger charge is -2.25. The molecule has 2 aliphatic heterocycles.